The summed E-state index contributed by atoms with van der Waals surface area (Å²) in [6.07, 6.45) is 8.41. The Labute approximate surface area is 395 Å². The average molecular weight is 1010 g/mol. The lowest BCUT2D eigenvalue weighted by atomic mass is 9.73. The first-order valence-corrected chi connectivity index (χ1v) is 30.8. The number of unbranched alkanes of at least 4 members (excludes halogenated alkanes) is 2. The first kappa shape index (κ1) is 58.0. The zero-order chi connectivity index (χ0) is 47.2. The van der Waals surface area contributed by atoms with Crippen molar-refractivity contribution in [2.45, 2.75) is 104 Å². The summed E-state index contributed by atoms with van der Waals surface area (Å²) >= 11 is 21.6. The van der Waals surface area contributed by atoms with E-state index in [9.17, 15) is 14.2 Å². The molecule has 1 aromatic carbocycles. The molecule has 3 fully saturated rings. The number of phenolic OH excluding ortho intramolecular Hbond substituents is 1. The van der Waals surface area contributed by atoms with E-state index in [1.165, 1.54) is 29.9 Å². The second-order valence-electron chi connectivity index (χ2n) is 17.3. The van der Waals surface area contributed by atoms with Crippen molar-refractivity contribution in [3.05, 3.63) is 47.1 Å². The Kier molecular flexibility index (Phi) is 25.3. The molecule has 3 aliphatic heterocycles. The van der Waals surface area contributed by atoms with Crippen molar-refractivity contribution in [2.24, 2.45) is 11.7 Å². The Morgan fingerprint density at radius 1 is 0.887 bits per heavy atom. The van der Waals surface area contributed by atoms with E-state index in [0.717, 1.165) is 94.0 Å². The SMILES string of the molecule is C=C(C)[C@@H]1CCC(C)=C[C@H]1c1c(O)cc(CCCCC)cc1OP(=O)(NCC1CN1CC)N(C)C.CCN1CC1CN.CCN1CC1CNP(=S)(Cl)N(C)C.CN(C)P(=O)(Cl)Cl. The standard InChI is InChI=1S/C28H46N3O3P.C7H17ClN3PS.C5H12N2.C2H6Cl2NOP/c1-8-10-11-12-22-16-26(32)28(25-15-21(5)13-14-24(25)20(3)4)27(17-22)34-35(33,30(6)7)29-18-23-19-31(23)9-2;1-4-11-6-7(11)5-9-12(8,13)10(2)3;1-2-7-4-5(7)3-6;1-5(2)7(3,4)6/h15-17,23-25,32H,3,8-14,18-19H2,1-2,4-7H3,(H,29,33);7H,4-6H2,1-3H3,(H,9,13);5H,2-4,6H2,1H3;1-2H3/t23?,24-,25+,31?,35?;;;/m0.../s1. The summed E-state index contributed by atoms with van der Waals surface area (Å²) in [4.78, 5) is 7.06. The molecule has 8 unspecified atom stereocenters. The molecule has 20 heteroatoms. The zero-order valence-corrected chi connectivity index (χ0v) is 45.5. The van der Waals surface area contributed by atoms with Crippen molar-refractivity contribution in [3.63, 3.8) is 0 Å². The Bertz CT molecular complexity index is 1730. The first-order valence-electron chi connectivity index (χ1n) is 22.1. The van der Waals surface area contributed by atoms with E-state index in [-0.39, 0.29) is 17.6 Å². The fraction of sp³-hybridized carbons (Fsp3) is 0.762. The first-order chi connectivity index (χ1) is 28.9. The Balaban J connectivity index is 0.000000393. The molecule has 10 atom stereocenters. The van der Waals surface area contributed by atoms with E-state index < -0.39 is 19.4 Å². The number of allylic oxidation sites excluding steroid dienone is 3. The highest BCUT2D eigenvalue weighted by Crippen LogP contribution is 2.58. The Morgan fingerprint density at radius 2 is 1.40 bits per heavy atom. The van der Waals surface area contributed by atoms with Gasteiger partial charge in [-0.1, -0.05) is 75.6 Å². The van der Waals surface area contributed by atoms with Gasteiger partial charge in [-0.05, 0) is 159 Å². The van der Waals surface area contributed by atoms with E-state index in [4.69, 9.17) is 55.8 Å². The summed E-state index contributed by atoms with van der Waals surface area (Å²) in [6, 6.07) is 5.66. The average Bonchev–Trinajstić information content (AvgIpc) is 4.10. The summed E-state index contributed by atoms with van der Waals surface area (Å²) in [5, 5.41) is 17.8. The number of nitrogens with two attached hydrogens (primary N) is 1. The number of hydrogen-bond donors (Lipinski definition) is 4. The molecule has 0 radical (unpaired) electrons. The van der Waals surface area contributed by atoms with Gasteiger partial charge in [0, 0.05) is 68.9 Å². The largest absolute Gasteiger partial charge is 0.507 e. The summed E-state index contributed by atoms with van der Waals surface area (Å²) in [5.74, 6) is -2.07. The van der Waals surface area contributed by atoms with Crippen molar-refractivity contribution >= 4 is 64.9 Å². The van der Waals surface area contributed by atoms with Crippen molar-refractivity contribution < 1.29 is 18.8 Å². The number of phenols is 1. The number of benzene rings is 1. The van der Waals surface area contributed by atoms with Crippen LogP contribution in [0, 0.1) is 5.92 Å². The fourth-order valence-corrected chi connectivity index (χ4v) is 9.64. The maximum Gasteiger partial charge on any atom is 0.392 e. The van der Waals surface area contributed by atoms with E-state index in [2.05, 4.69) is 79.1 Å². The quantitative estimate of drug-likeness (QED) is 0.0404. The highest BCUT2D eigenvalue weighted by molar-refractivity contribution is 8.24. The molecule has 62 heavy (non-hydrogen) atoms. The van der Waals surface area contributed by atoms with Gasteiger partial charge in [0.2, 0.25) is 0 Å². The number of halogens is 3. The van der Waals surface area contributed by atoms with Crippen LogP contribution < -0.4 is 20.4 Å². The summed E-state index contributed by atoms with van der Waals surface area (Å²) in [6.45, 7) is 26.2. The molecule has 1 aromatic rings. The van der Waals surface area contributed by atoms with Crippen LogP contribution in [0.15, 0.2) is 35.9 Å². The van der Waals surface area contributed by atoms with Crippen molar-refractivity contribution in [2.75, 3.05) is 101 Å². The fourth-order valence-electron chi connectivity index (χ4n) is 7.12. The van der Waals surface area contributed by atoms with Crippen LogP contribution in [0.2, 0.25) is 0 Å². The predicted molar refractivity (Wildman–Crippen MR) is 272 cm³/mol. The number of rotatable bonds is 21. The smallest absolute Gasteiger partial charge is 0.392 e. The van der Waals surface area contributed by atoms with Crippen LogP contribution in [0.3, 0.4) is 0 Å². The molecule has 0 aromatic heterocycles. The minimum atomic E-state index is -3.37. The van der Waals surface area contributed by atoms with E-state index in [1.54, 1.807) is 32.9 Å². The van der Waals surface area contributed by atoms with Gasteiger partial charge in [-0.2, -0.15) is 0 Å². The zero-order valence-electron chi connectivity index (χ0n) is 39.7. The van der Waals surface area contributed by atoms with Gasteiger partial charge in [-0.15, -0.1) is 0 Å². The monoisotopic (exact) mass is 1010 g/mol. The van der Waals surface area contributed by atoms with Crippen molar-refractivity contribution in [1.29, 1.82) is 0 Å². The number of aryl methyl sites for hydroxylation is 1. The predicted octanol–water partition coefficient (Wildman–Crippen LogP) is 9.57. The molecule has 0 spiro atoms. The normalized spacial score (nSPS) is 27.0. The van der Waals surface area contributed by atoms with Gasteiger partial charge in [-0.25, -0.2) is 19.0 Å². The van der Waals surface area contributed by atoms with E-state index >= 15 is 0 Å². The van der Waals surface area contributed by atoms with Gasteiger partial charge in [0.05, 0.1) is 0 Å². The third-order valence-corrected chi connectivity index (χ3v) is 20.8. The molecule has 5 N–H and O–H groups in total. The Morgan fingerprint density at radius 3 is 1.81 bits per heavy atom. The highest BCUT2D eigenvalue weighted by Gasteiger charge is 2.39. The van der Waals surface area contributed by atoms with Crippen LogP contribution in [-0.2, 0) is 27.4 Å². The number of likely N-dealkylation sites (N-methyl/N-ethyl adjacent to an activating group) is 3. The molecule has 5 rings (SSSR count). The van der Waals surface area contributed by atoms with E-state index in [0.29, 0.717) is 24.4 Å². The number of nitrogens with zero attached hydrogens (tertiary/aromatic N) is 6. The molecule has 3 saturated heterocycles. The van der Waals surface area contributed by atoms with Crippen molar-refractivity contribution in [1.82, 2.24) is 38.9 Å². The van der Waals surface area contributed by atoms with Crippen LogP contribution >= 0.6 is 53.1 Å². The van der Waals surface area contributed by atoms with Crippen LogP contribution in [0.1, 0.15) is 90.7 Å². The number of hydrogen-bond acceptors (Lipinski definition) is 9. The molecular weight excluding hydrogens is 926 g/mol. The second kappa shape index (κ2) is 27.1. The van der Waals surface area contributed by atoms with Crippen LogP contribution in [0.5, 0.6) is 11.5 Å². The van der Waals surface area contributed by atoms with Crippen molar-refractivity contribution in [3.8, 4) is 11.5 Å². The molecule has 360 valence electrons. The molecule has 13 nitrogen and oxygen atoms in total. The molecule has 0 amide bonds. The van der Waals surface area contributed by atoms with Crippen LogP contribution in [0.4, 0.5) is 0 Å². The van der Waals surface area contributed by atoms with Gasteiger partial charge in [0.15, 0.2) is 5.69 Å². The third kappa shape index (κ3) is 19.6. The summed E-state index contributed by atoms with van der Waals surface area (Å²) in [7, 11) is 7.15. The van der Waals surface area contributed by atoms with Gasteiger partial charge in [0.25, 0.3) is 0 Å². The molecule has 3 heterocycles. The van der Waals surface area contributed by atoms with Gasteiger partial charge >= 0.3 is 13.7 Å². The van der Waals surface area contributed by atoms with Crippen LogP contribution in [0.25, 0.3) is 0 Å². The maximum atomic E-state index is 14.1. The lowest BCUT2D eigenvalue weighted by Crippen LogP contribution is -2.29. The lowest BCUT2D eigenvalue weighted by Gasteiger charge is -2.33. The second-order valence-corrected chi connectivity index (χ2v) is 30.3. The van der Waals surface area contributed by atoms with E-state index in [1.807, 2.05) is 30.9 Å². The highest BCUT2D eigenvalue weighted by atomic mass is 35.9. The number of aromatic hydroxyl groups is 1. The summed E-state index contributed by atoms with van der Waals surface area (Å²) < 4.78 is 35.7. The minimum Gasteiger partial charge on any atom is -0.507 e. The molecule has 4 aliphatic rings. The third-order valence-electron chi connectivity index (χ3n) is 11.7. The molecule has 0 saturated carbocycles. The topological polar surface area (TPSA) is 132 Å². The van der Waals surface area contributed by atoms with Gasteiger partial charge in [-0.3, -0.25) is 29.0 Å². The number of nitrogens with one attached hydrogen (secondary N) is 2. The lowest BCUT2D eigenvalue weighted by molar-refractivity contribution is 0.384. The maximum absolute atomic E-state index is 14.1. The minimum absolute atomic E-state index is 0.0597. The Hall–Kier alpha value is -0.0800. The molecule has 1 aliphatic carbocycles. The van der Waals surface area contributed by atoms with Crippen LogP contribution in [-0.4, -0.2) is 153 Å². The van der Waals surface area contributed by atoms with Gasteiger partial charge < -0.3 is 15.4 Å². The van der Waals surface area contributed by atoms with Gasteiger partial charge in [0.1, 0.15) is 11.5 Å². The summed E-state index contributed by atoms with van der Waals surface area (Å²) in [5.41, 5.74) is 7.54. The molecule has 0 bridgehead atoms. The molecular formula is C42H81Cl3N9O4P3S.